The third kappa shape index (κ3) is 3.90. The number of hydrogen-bond acceptors (Lipinski definition) is 3. The number of rotatable bonds is 5. The Balaban J connectivity index is 2.82. The minimum absolute atomic E-state index is 0.0542. The van der Waals surface area contributed by atoms with Gasteiger partial charge in [-0.15, -0.1) is 0 Å². The van der Waals surface area contributed by atoms with Gasteiger partial charge in [0.2, 0.25) is 5.91 Å². The van der Waals surface area contributed by atoms with Crippen molar-refractivity contribution < 1.29 is 14.0 Å². The van der Waals surface area contributed by atoms with E-state index < -0.39 is 11.7 Å². The summed E-state index contributed by atoms with van der Waals surface area (Å²) in [5.74, 6) is -1.37. The van der Waals surface area contributed by atoms with Gasteiger partial charge in [0.15, 0.2) is 0 Å². The summed E-state index contributed by atoms with van der Waals surface area (Å²) in [5, 5.41) is -0.0847. The lowest BCUT2D eigenvalue weighted by atomic mass is 10.2. The number of carbonyl (C=O) groups excluding carboxylic acids is 2. The van der Waals surface area contributed by atoms with Gasteiger partial charge in [0, 0.05) is 20.1 Å². The maximum absolute atomic E-state index is 13.1. The summed E-state index contributed by atoms with van der Waals surface area (Å²) < 4.78 is 13.1. The molecule has 0 aliphatic heterocycles. The van der Waals surface area contributed by atoms with Crippen molar-refractivity contribution in [2.75, 3.05) is 26.7 Å². The minimum Gasteiger partial charge on any atom is -0.342 e. The normalized spacial score (nSPS) is 10.2. The number of amides is 2. The van der Waals surface area contributed by atoms with Crippen LogP contribution in [-0.4, -0.2) is 53.3 Å². The van der Waals surface area contributed by atoms with E-state index >= 15 is 0 Å². The van der Waals surface area contributed by atoms with Crippen molar-refractivity contribution in [1.29, 1.82) is 0 Å². The van der Waals surface area contributed by atoms with Gasteiger partial charge in [-0.1, -0.05) is 11.6 Å². The summed E-state index contributed by atoms with van der Waals surface area (Å²) in [7, 11) is 1.46. The summed E-state index contributed by atoms with van der Waals surface area (Å²) in [6, 6.07) is 1.01. The molecule has 1 rings (SSSR count). The highest BCUT2D eigenvalue weighted by atomic mass is 35.5. The van der Waals surface area contributed by atoms with Crippen molar-refractivity contribution >= 4 is 23.4 Å². The lowest BCUT2D eigenvalue weighted by molar-refractivity contribution is -0.131. The van der Waals surface area contributed by atoms with Crippen LogP contribution in [0.25, 0.3) is 0 Å². The SMILES string of the molecule is CCN(CC)C(=O)CN(C)C(=O)c1cc(F)cnc1Cl. The van der Waals surface area contributed by atoms with Gasteiger partial charge in [0.05, 0.1) is 18.3 Å². The van der Waals surface area contributed by atoms with Crippen molar-refractivity contribution in [1.82, 2.24) is 14.8 Å². The Labute approximate surface area is 122 Å². The molecule has 0 aliphatic carbocycles. The zero-order valence-electron chi connectivity index (χ0n) is 11.7. The number of likely N-dealkylation sites (N-methyl/N-ethyl adjacent to an activating group) is 2. The Kier molecular flexibility index (Phi) is 5.88. The van der Waals surface area contributed by atoms with E-state index in [0.29, 0.717) is 13.1 Å². The molecule has 110 valence electrons. The number of carbonyl (C=O) groups is 2. The Bertz CT molecular complexity index is 506. The molecule has 0 bridgehead atoms. The van der Waals surface area contributed by atoms with E-state index in [1.807, 2.05) is 13.8 Å². The third-order valence-corrected chi connectivity index (χ3v) is 3.17. The molecule has 0 aromatic carbocycles. The number of halogens is 2. The average Bonchev–Trinajstić information content (AvgIpc) is 2.42. The number of aromatic nitrogens is 1. The Morgan fingerprint density at radius 2 is 1.95 bits per heavy atom. The highest BCUT2D eigenvalue weighted by molar-refractivity contribution is 6.32. The lowest BCUT2D eigenvalue weighted by Crippen LogP contribution is -2.41. The molecule has 2 amide bonds. The number of pyridine rings is 1. The van der Waals surface area contributed by atoms with Gasteiger partial charge >= 0.3 is 0 Å². The Hall–Kier alpha value is -1.69. The molecule has 1 heterocycles. The molecular formula is C13H17ClFN3O2. The smallest absolute Gasteiger partial charge is 0.257 e. The summed E-state index contributed by atoms with van der Waals surface area (Å²) in [5.41, 5.74) is -0.0542. The van der Waals surface area contributed by atoms with Crippen LogP contribution in [0.3, 0.4) is 0 Å². The van der Waals surface area contributed by atoms with Gasteiger partial charge in [-0.05, 0) is 19.9 Å². The maximum Gasteiger partial charge on any atom is 0.257 e. The predicted molar refractivity (Wildman–Crippen MR) is 74.1 cm³/mol. The molecule has 1 aromatic heterocycles. The Morgan fingerprint density at radius 1 is 1.35 bits per heavy atom. The maximum atomic E-state index is 13.1. The molecule has 0 unspecified atom stereocenters. The van der Waals surface area contributed by atoms with E-state index in [4.69, 9.17) is 11.6 Å². The van der Waals surface area contributed by atoms with Crippen molar-refractivity contribution in [2.45, 2.75) is 13.8 Å². The molecule has 20 heavy (non-hydrogen) atoms. The van der Waals surface area contributed by atoms with Gasteiger partial charge < -0.3 is 9.80 Å². The standard InChI is InChI=1S/C13H17ClFN3O2/c1-4-18(5-2)11(19)8-17(3)13(20)10-6-9(15)7-16-12(10)14/h6-7H,4-5,8H2,1-3H3. The first kappa shape index (κ1) is 16.4. The first-order valence-electron chi connectivity index (χ1n) is 6.24. The highest BCUT2D eigenvalue weighted by Gasteiger charge is 2.20. The first-order valence-corrected chi connectivity index (χ1v) is 6.62. The zero-order valence-corrected chi connectivity index (χ0v) is 12.4. The fourth-order valence-electron chi connectivity index (χ4n) is 1.73. The average molecular weight is 302 g/mol. The second-order valence-corrected chi connectivity index (χ2v) is 4.58. The largest absolute Gasteiger partial charge is 0.342 e. The van der Waals surface area contributed by atoms with Crippen LogP contribution >= 0.6 is 11.6 Å². The molecule has 0 aliphatic rings. The quantitative estimate of drug-likeness (QED) is 0.780. The molecule has 0 saturated carbocycles. The molecule has 0 saturated heterocycles. The van der Waals surface area contributed by atoms with Crippen LogP contribution in [0.5, 0.6) is 0 Å². The van der Waals surface area contributed by atoms with Crippen LogP contribution < -0.4 is 0 Å². The molecule has 0 fully saturated rings. The number of hydrogen-bond donors (Lipinski definition) is 0. The highest BCUT2D eigenvalue weighted by Crippen LogP contribution is 2.15. The van der Waals surface area contributed by atoms with E-state index in [-0.39, 0.29) is 23.2 Å². The summed E-state index contributed by atoms with van der Waals surface area (Å²) in [6.07, 6.45) is 0.931. The van der Waals surface area contributed by atoms with E-state index in [1.54, 1.807) is 4.90 Å². The van der Waals surface area contributed by atoms with Crippen molar-refractivity contribution in [3.05, 3.63) is 28.8 Å². The van der Waals surface area contributed by atoms with Gasteiger partial charge in [0.1, 0.15) is 11.0 Å². The zero-order chi connectivity index (χ0) is 15.3. The van der Waals surface area contributed by atoms with E-state index in [1.165, 1.54) is 11.9 Å². The Morgan fingerprint density at radius 3 is 2.50 bits per heavy atom. The molecule has 0 N–H and O–H groups in total. The van der Waals surface area contributed by atoms with E-state index in [2.05, 4.69) is 4.98 Å². The fraction of sp³-hybridized carbons (Fsp3) is 0.462. The summed E-state index contributed by atoms with van der Waals surface area (Å²) in [4.78, 5) is 30.4. The van der Waals surface area contributed by atoms with E-state index in [0.717, 1.165) is 12.3 Å². The van der Waals surface area contributed by atoms with Gasteiger partial charge in [-0.2, -0.15) is 0 Å². The first-order chi connectivity index (χ1) is 9.40. The monoisotopic (exact) mass is 301 g/mol. The van der Waals surface area contributed by atoms with E-state index in [9.17, 15) is 14.0 Å². The molecular weight excluding hydrogens is 285 g/mol. The summed E-state index contributed by atoms with van der Waals surface area (Å²) in [6.45, 7) is 4.76. The van der Waals surface area contributed by atoms with Crippen LogP contribution in [0.4, 0.5) is 4.39 Å². The van der Waals surface area contributed by atoms with Crippen LogP contribution in [0.1, 0.15) is 24.2 Å². The van der Waals surface area contributed by atoms with Crippen LogP contribution in [0.15, 0.2) is 12.3 Å². The van der Waals surface area contributed by atoms with Crippen molar-refractivity contribution in [3.63, 3.8) is 0 Å². The molecule has 0 atom stereocenters. The topological polar surface area (TPSA) is 53.5 Å². The fourth-order valence-corrected chi connectivity index (χ4v) is 1.91. The minimum atomic E-state index is -0.652. The van der Waals surface area contributed by atoms with Gasteiger partial charge in [-0.3, -0.25) is 9.59 Å². The second-order valence-electron chi connectivity index (χ2n) is 4.22. The predicted octanol–water partition coefficient (Wildman–Crippen LogP) is 1.81. The summed E-state index contributed by atoms with van der Waals surface area (Å²) >= 11 is 5.77. The molecule has 0 spiro atoms. The second kappa shape index (κ2) is 7.19. The molecule has 5 nitrogen and oxygen atoms in total. The van der Waals surface area contributed by atoms with Crippen molar-refractivity contribution in [3.8, 4) is 0 Å². The molecule has 0 radical (unpaired) electrons. The third-order valence-electron chi connectivity index (χ3n) is 2.87. The lowest BCUT2D eigenvalue weighted by Gasteiger charge is -2.23. The van der Waals surface area contributed by atoms with Crippen molar-refractivity contribution in [2.24, 2.45) is 0 Å². The van der Waals surface area contributed by atoms with Crippen LogP contribution in [-0.2, 0) is 4.79 Å². The van der Waals surface area contributed by atoms with Gasteiger partial charge in [-0.25, -0.2) is 9.37 Å². The van der Waals surface area contributed by atoms with Crippen LogP contribution in [0.2, 0.25) is 5.15 Å². The number of nitrogens with zero attached hydrogens (tertiary/aromatic N) is 3. The van der Waals surface area contributed by atoms with Gasteiger partial charge in [0.25, 0.3) is 5.91 Å². The van der Waals surface area contributed by atoms with Crippen LogP contribution in [0, 0.1) is 5.82 Å². The molecule has 7 heteroatoms. The molecule has 1 aromatic rings.